The summed E-state index contributed by atoms with van der Waals surface area (Å²) in [7, 11) is 0.211. The normalized spacial score (nSPS) is 24.6. The molecule has 1 aromatic heterocycles. The van der Waals surface area contributed by atoms with Gasteiger partial charge in [0.25, 0.3) is 0 Å². The summed E-state index contributed by atoms with van der Waals surface area (Å²) < 4.78 is 27.8. The number of sulfonamides is 1. The van der Waals surface area contributed by atoms with E-state index in [2.05, 4.69) is 33.9 Å². The van der Waals surface area contributed by atoms with Crippen molar-refractivity contribution in [2.24, 2.45) is 5.92 Å². The lowest BCUT2D eigenvalue weighted by atomic mass is 9.95. The summed E-state index contributed by atoms with van der Waals surface area (Å²) in [5.74, 6) is 0.290. The molecule has 2 unspecified atom stereocenters. The average Bonchev–Trinajstić information content (AvgIpc) is 2.42. The average molecular weight is 298 g/mol. The third kappa shape index (κ3) is 3.28. The van der Waals surface area contributed by atoms with Gasteiger partial charge in [-0.3, -0.25) is 4.98 Å². The minimum atomic E-state index is -3.55. The predicted octanol–water partition coefficient (Wildman–Crippen LogP) is 0.742. The van der Waals surface area contributed by atoms with Crippen LogP contribution in [0.3, 0.4) is 0 Å². The molecular formula is C13H22N4O2S. The third-order valence-electron chi connectivity index (χ3n) is 3.76. The van der Waals surface area contributed by atoms with Gasteiger partial charge in [0.05, 0.1) is 5.69 Å². The molecular weight excluding hydrogens is 276 g/mol. The topological polar surface area (TPSA) is 74.3 Å². The molecule has 0 aromatic carbocycles. The second kappa shape index (κ2) is 6.07. The van der Waals surface area contributed by atoms with Crippen molar-refractivity contribution in [2.75, 3.05) is 32.5 Å². The van der Waals surface area contributed by atoms with Crippen LogP contribution in [0.5, 0.6) is 0 Å². The zero-order chi connectivity index (χ0) is 14.8. The molecule has 6 nitrogen and oxygen atoms in total. The number of nitrogens with one attached hydrogen (secondary N) is 2. The Morgan fingerprint density at radius 3 is 2.85 bits per heavy atom. The standard InChI is InChI=1S/C13H22N4O2S/c1-10-9-17(3)7-5-11(10)16-20(18,19)13-8-15-6-4-12(13)14-2/h4,6,8,10-11,16H,5,7,9H2,1-3H3,(H,14,15). The molecule has 7 heteroatoms. The highest BCUT2D eigenvalue weighted by atomic mass is 32.2. The molecule has 0 amide bonds. The fraction of sp³-hybridized carbons (Fsp3) is 0.615. The van der Waals surface area contributed by atoms with Gasteiger partial charge in [-0.05, 0) is 32.0 Å². The van der Waals surface area contributed by atoms with Crippen molar-refractivity contribution in [3.8, 4) is 0 Å². The Balaban J connectivity index is 2.19. The van der Waals surface area contributed by atoms with Crippen molar-refractivity contribution < 1.29 is 8.42 Å². The first-order valence-corrected chi connectivity index (χ1v) is 8.25. The van der Waals surface area contributed by atoms with E-state index in [1.165, 1.54) is 6.20 Å². The van der Waals surface area contributed by atoms with E-state index in [0.29, 0.717) is 11.6 Å². The molecule has 0 saturated carbocycles. The van der Waals surface area contributed by atoms with Crippen molar-refractivity contribution in [3.63, 3.8) is 0 Å². The van der Waals surface area contributed by atoms with E-state index in [1.54, 1.807) is 19.3 Å². The number of anilines is 1. The summed E-state index contributed by atoms with van der Waals surface area (Å²) in [4.78, 5) is 6.34. The number of hydrogen-bond donors (Lipinski definition) is 2. The van der Waals surface area contributed by atoms with Gasteiger partial charge in [0.1, 0.15) is 4.90 Å². The number of rotatable bonds is 4. The van der Waals surface area contributed by atoms with E-state index in [0.717, 1.165) is 19.5 Å². The van der Waals surface area contributed by atoms with Crippen molar-refractivity contribution in [1.29, 1.82) is 0 Å². The van der Waals surface area contributed by atoms with Gasteiger partial charge in [-0.1, -0.05) is 6.92 Å². The fourth-order valence-corrected chi connectivity index (χ4v) is 4.13. The maximum absolute atomic E-state index is 12.5. The summed E-state index contributed by atoms with van der Waals surface area (Å²) in [6.45, 7) is 3.88. The molecule has 0 radical (unpaired) electrons. The second-order valence-electron chi connectivity index (χ2n) is 5.38. The lowest BCUT2D eigenvalue weighted by Crippen LogP contribution is -2.48. The van der Waals surface area contributed by atoms with Crippen LogP contribution in [-0.4, -0.2) is 51.5 Å². The van der Waals surface area contributed by atoms with Crippen LogP contribution in [0.2, 0.25) is 0 Å². The monoisotopic (exact) mass is 298 g/mol. The van der Waals surface area contributed by atoms with Gasteiger partial charge >= 0.3 is 0 Å². The number of pyridine rings is 1. The molecule has 1 aliphatic rings. The van der Waals surface area contributed by atoms with Gasteiger partial charge in [0, 0.05) is 32.0 Å². The van der Waals surface area contributed by atoms with E-state index in [9.17, 15) is 8.42 Å². The van der Waals surface area contributed by atoms with Crippen LogP contribution >= 0.6 is 0 Å². The Bertz CT molecular complexity index is 561. The largest absolute Gasteiger partial charge is 0.387 e. The predicted molar refractivity (Wildman–Crippen MR) is 79.2 cm³/mol. The van der Waals surface area contributed by atoms with Crippen LogP contribution in [0.15, 0.2) is 23.4 Å². The van der Waals surface area contributed by atoms with Crippen LogP contribution in [0.1, 0.15) is 13.3 Å². The van der Waals surface area contributed by atoms with Gasteiger partial charge in [-0.15, -0.1) is 0 Å². The van der Waals surface area contributed by atoms with Crippen molar-refractivity contribution in [1.82, 2.24) is 14.6 Å². The Morgan fingerprint density at radius 2 is 2.20 bits per heavy atom. The first kappa shape index (κ1) is 15.2. The van der Waals surface area contributed by atoms with Crippen molar-refractivity contribution in [2.45, 2.75) is 24.3 Å². The van der Waals surface area contributed by atoms with Gasteiger partial charge in [0.15, 0.2) is 0 Å². The van der Waals surface area contributed by atoms with Crippen LogP contribution in [0, 0.1) is 5.92 Å². The first-order valence-electron chi connectivity index (χ1n) is 6.76. The minimum absolute atomic E-state index is 0.0267. The van der Waals surface area contributed by atoms with Crippen LogP contribution in [0.25, 0.3) is 0 Å². The van der Waals surface area contributed by atoms with E-state index in [-0.39, 0.29) is 10.9 Å². The molecule has 20 heavy (non-hydrogen) atoms. The SMILES string of the molecule is CNc1ccncc1S(=O)(=O)NC1CCN(C)CC1C. The maximum atomic E-state index is 12.5. The van der Waals surface area contributed by atoms with Crippen LogP contribution in [0.4, 0.5) is 5.69 Å². The maximum Gasteiger partial charge on any atom is 0.244 e. The Hall–Kier alpha value is -1.18. The summed E-state index contributed by atoms with van der Waals surface area (Å²) >= 11 is 0. The smallest absolute Gasteiger partial charge is 0.244 e. The van der Waals surface area contributed by atoms with Gasteiger partial charge in [0.2, 0.25) is 10.0 Å². The summed E-state index contributed by atoms with van der Waals surface area (Å²) in [6.07, 6.45) is 3.78. The van der Waals surface area contributed by atoms with Crippen molar-refractivity contribution in [3.05, 3.63) is 18.5 Å². The van der Waals surface area contributed by atoms with E-state index in [4.69, 9.17) is 0 Å². The molecule has 0 aliphatic carbocycles. The number of piperidine rings is 1. The molecule has 1 aliphatic heterocycles. The highest BCUT2D eigenvalue weighted by Crippen LogP contribution is 2.22. The number of likely N-dealkylation sites (tertiary alicyclic amines) is 1. The number of nitrogens with zero attached hydrogens (tertiary/aromatic N) is 2. The van der Waals surface area contributed by atoms with Crippen LogP contribution < -0.4 is 10.0 Å². The van der Waals surface area contributed by atoms with Gasteiger partial charge < -0.3 is 10.2 Å². The Labute approximate surface area is 120 Å². The highest BCUT2D eigenvalue weighted by Gasteiger charge is 2.29. The third-order valence-corrected chi connectivity index (χ3v) is 5.28. The molecule has 1 aromatic rings. The molecule has 2 N–H and O–H groups in total. The van der Waals surface area contributed by atoms with Crippen LogP contribution in [-0.2, 0) is 10.0 Å². The van der Waals surface area contributed by atoms with E-state index < -0.39 is 10.0 Å². The molecule has 1 fully saturated rings. The van der Waals surface area contributed by atoms with Gasteiger partial charge in [-0.25, -0.2) is 13.1 Å². The molecule has 0 spiro atoms. The van der Waals surface area contributed by atoms with Crippen molar-refractivity contribution >= 4 is 15.7 Å². The van der Waals surface area contributed by atoms with Gasteiger partial charge in [-0.2, -0.15) is 0 Å². The summed E-state index contributed by atoms with van der Waals surface area (Å²) in [5, 5.41) is 2.89. The molecule has 2 heterocycles. The second-order valence-corrected chi connectivity index (χ2v) is 7.06. The van der Waals surface area contributed by atoms with E-state index in [1.807, 2.05) is 0 Å². The molecule has 2 atom stereocenters. The molecule has 2 rings (SSSR count). The Morgan fingerprint density at radius 1 is 1.45 bits per heavy atom. The van der Waals surface area contributed by atoms with E-state index >= 15 is 0 Å². The fourth-order valence-electron chi connectivity index (χ4n) is 2.59. The minimum Gasteiger partial charge on any atom is -0.387 e. The number of aromatic nitrogens is 1. The molecule has 1 saturated heterocycles. The zero-order valence-corrected chi connectivity index (χ0v) is 12.9. The first-order chi connectivity index (χ1) is 9.44. The summed E-state index contributed by atoms with van der Waals surface area (Å²) in [6, 6.07) is 1.63. The summed E-state index contributed by atoms with van der Waals surface area (Å²) in [5.41, 5.74) is 0.563. The molecule has 0 bridgehead atoms. The highest BCUT2D eigenvalue weighted by molar-refractivity contribution is 7.89. The molecule has 112 valence electrons. The Kier molecular flexibility index (Phi) is 4.62. The lowest BCUT2D eigenvalue weighted by Gasteiger charge is -2.35. The lowest BCUT2D eigenvalue weighted by molar-refractivity contribution is 0.188. The zero-order valence-electron chi connectivity index (χ0n) is 12.1. The number of hydrogen-bond acceptors (Lipinski definition) is 5. The quantitative estimate of drug-likeness (QED) is 0.858.